The van der Waals surface area contributed by atoms with Gasteiger partial charge in [0.1, 0.15) is 11.7 Å². The van der Waals surface area contributed by atoms with E-state index in [-0.39, 0.29) is 11.9 Å². The summed E-state index contributed by atoms with van der Waals surface area (Å²) < 4.78 is 5.35. The molecule has 3 heterocycles. The van der Waals surface area contributed by atoms with E-state index in [0.29, 0.717) is 29.5 Å². The van der Waals surface area contributed by atoms with E-state index in [2.05, 4.69) is 32.4 Å². The van der Waals surface area contributed by atoms with Crippen molar-refractivity contribution in [2.24, 2.45) is 0 Å². The first kappa shape index (κ1) is 15.7. The molecule has 26 heavy (non-hydrogen) atoms. The van der Waals surface area contributed by atoms with Crippen LogP contribution in [-0.4, -0.2) is 31.6 Å². The third kappa shape index (κ3) is 2.85. The Labute approximate surface area is 149 Å². The monoisotopic (exact) mass is 343 g/mol. The second-order valence-corrected chi connectivity index (χ2v) is 5.87. The summed E-state index contributed by atoms with van der Waals surface area (Å²) >= 11 is 0. The van der Waals surface area contributed by atoms with Crippen molar-refractivity contribution in [1.29, 1.82) is 10.5 Å². The molecule has 1 unspecified atom stereocenters. The van der Waals surface area contributed by atoms with Crippen molar-refractivity contribution < 1.29 is 4.52 Å². The Hall–Kier alpha value is -3.78. The molecular formula is C18H13N7O. The SMILES string of the molecule is N#Cc1cccc(-c2nccc(-c3nc(C4CCCN4C#N)no3)n2)c1. The Bertz CT molecular complexity index is 1030. The molecule has 2 aromatic heterocycles. The fourth-order valence-electron chi connectivity index (χ4n) is 2.97. The lowest BCUT2D eigenvalue weighted by molar-refractivity contribution is 0.339. The minimum absolute atomic E-state index is 0.147. The maximum Gasteiger partial charge on any atom is 0.276 e. The predicted molar refractivity (Wildman–Crippen MR) is 89.8 cm³/mol. The van der Waals surface area contributed by atoms with E-state index in [1.54, 1.807) is 35.4 Å². The summed E-state index contributed by atoms with van der Waals surface area (Å²) in [7, 11) is 0. The molecule has 0 radical (unpaired) electrons. The van der Waals surface area contributed by atoms with Crippen molar-refractivity contribution in [3.8, 4) is 35.2 Å². The maximum atomic E-state index is 9.17. The van der Waals surface area contributed by atoms with Gasteiger partial charge < -0.3 is 4.52 Å². The van der Waals surface area contributed by atoms with Crippen LogP contribution in [0, 0.1) is 22.8 Å². The van der Waals surface area contributed by atoms with E-state index >= 15 is 0 Å². The Morgan fingerprint density at radius 2 is 2.12 bits per heavy atom. The van der Waals surface area contributed by atoms with Crippen LogP contribution >= 0.6 is 0 Å². The third-order valence-electron chi connectivity index (χ3n) is 4.25. The lowest BCUT2D eigenvalue weighted by atomic mass is 10.1. The van der Waals surface area contributed by atoms with E-state index < -0.39 is 0 Å². The van der Waals surface area contributed by atoms with Gasteiger partial charge in [-0.25, -0.2) is 9.97 Å². The van der Waals surface area contributed by atoms with Crippen molar-refractivity contribution in [2.75, 3.05) is 6.54 Å². The molecule has 0 amide bonds. The Balaban J connectivity index is 1.65. The van der Waals surface area contributed by atoms with E-state index in [0.717, 1.165) is 18.4 Å². The summed E-state index contributed by atoms with van der Waals surface area (Å²) in [5, 5.41) is 22.2. The van der Waals surface area contributed by atoms with Crippen molar-refractivity contribution >= 4 is 0 Å². The van der Waals surface area contributed by atoms with Crippen molar-refractivity contribution in [3.05, 3.63) is 47.9 Å². The highest BCUT2D eigenvalue weighted by atomic mass is 16.5. The van der Waals surface area contributed by atoms with Gasteiger partial charge in [-0.2, -0.15) is 15.5 Å². The molecule has 8 heteroatoms. The van der Waals surface area contributed by atoms with Gasteiger partial charge in [-0.3, -0.25) is 4.90 Å². The molecule has 1 aliphatic rings. The Kier molecular flexibility index (Phi) is 4.00. The van der Waals surface area contributed by atoms with Gasteiger partial charge in [-0.05, 0) is 31.0 Å². The summed E-state index contributed by atoms with van der Waals surface area (Å²) in [6, 6.07) is 10.7. The van der Waals surface area contributed by atoms with Crippen LogP contribution in [0.1, 0.15) is 30.3 Å². The van der Waals surface area contributed by atoms with Crippen molar-refractivity contribution in [3.63, 3.8) is 0 Å². The number of likely N-dealkylation sites (tertiary alicyclic amines) is 1. The van der Waals surface area contributed by atoms with Crippen LogP contribution in [0.2, 0.25) is 0 Å². The zero-order valence-electron chi connectivity index (χ0n) is 13.7. The van der Waals surface area contributed by atoms with Crippen LogP contribution in [0.5, 0.6) is 0 Å². The molecule has 126 valence electrons. The summed E-state index contributed by atoms with van der Waals surface area (Å²) in [5.74, 6) is 1.24. The predicted octanol–water partition coefficient (Wildman–Crippen LogP) is 2.68. The van der Waals surface area contributed by atoms with E-state index in [1.165, 1.54) is 0 Å². The molecule has 1 atom stereocenters. The zero-order valence-corrected chi connectivity index (χ0v) is 13.7. The molecule has 0 aliphatic carbocycles. The maximum absolute atomic E-state index is 9.17. The van der Waals surface area contributed by atoms with Crippen LogP contribution in [0.4, 0.5) is 0 Å². The molecule has 1 aliphatic heterocycles. The van der Waals surface area contributed by atoms with Gasteiger partial charge in [-0.15, -0.1) is 0 Å². The molecule has 0 saturated carbocycles. The quantitative estimate of drug-likeness (QED) is 0.666. The molecule has 8 nitrogen and oxygen atoms in total. The van der Waals surface area contributed by atoms with Gasteiger partial charge in [0, 0.05) is 18.3 Å². The molecule has 0 N–H and O–H groups in total. The second kappa shape index (κ2) is 6.61. The minimum atomic E-state index is -0.147. The number of rotatable bonds is 3. The average Bonchev–Trinajstić information content (AvgIpc) is 3.37. The normalized spacial score (nSPS) is 16.2. The van der Waals surface area contributed by atoms with Crippen LogP contribution < -0.4 is 0 Å². The van der Waals surface area contributed by atoms with Gasteiger partial charge in [0.2, 0.25) is 0 Å². The molecule has 0 spiro atoms. The smallest absolute Gasteiger partial charge is 0.276 e. The molecule has 1 fully saturated rings. The van der Waals surface area contributed by atoms with Crippen molar-refractivity contribution in [2.45, 2.75) is 18.9 Å². The van der Waals surface area contributed by atoms with Crippen LogP contribution in [0.25, 0.3) is 23.0 Å². The van der Waals surface area contributed by atoms with E-state index in [4.69, 9.17) is 9.78 Å². The van der Waals surface area contributed by atoms with Crippen molar-refractivity contribution in [1.82, 2.24) is 25.0 Å². The number of hydrogen-bond acceptors (Lipinski definition) is 8. The van der Waals surface area contributed by atoms with Crippen LogP contribution in [0.3, 0.4) is 0 Å². The topological polar surface area (TPSA) is 116 Å². The number of nitriles is 2. The zero-order chi connectivity index (χ0) is 17.9. The highest BCUT2D eigenvalue weighted by Crippen LogP contribution is 2.30. The van der Waals surface area contributed by atoms with Gasteiger partial charge in [0.15, 0.2) is 17.8 Å². The molecule has 3 aromatic rings. The standard InChI is InChI=1S/C18H13N7O/c19-10-12-3-1-4-13(9-12)16-21-7-6-14(22-16)18-23-17(24-26-18)15-5-2-8-25(15)11-20/h1,3-4,6-7,9,15H,2,5,8H2. The number of hydrogen-bond donors (Lipinski definition) is 0. The van der Waals surface area contributed by atoms with Gasteiger partial charge in [0.25, 0.3) is 5.89 Å². The highest BCUT2D eigenvalue weighted by molar-refractivity contribution is 5.60. The summed E-state index contributed by atoms with van der Waals surface area (Å²) in [5.41, 5.74) is 1.77. The minimum Gasteiger partial charge on any atom is -0.332 e. The molecule has 0 bridgehead atoms. The highest BCUT2D eigenvalue weighted by Gasteiger charge is 2.29. The van der Waals surface area contributed by atoms with Crippen LogP contribution in [0.15, 0.2) is 41.1 Å². The lowest BCUT2D eigenvalue weighted by Crippen LogP contribution is -2.17. The third-order valence-corrected chi connectivity index (χ3v) is 4.25. The summed E-state index contributed by atoms with van der Waals surface area (Å²) in [6.07, 6.45) is 5.52. The first-order valence-electron chi connectivity index (χ1n) is 8.12. The Morgan fingerprint density at radius 3 is 2.96 bits per heavy atom. The summed E-state index contributed by atoms with van der Waals surface area (Å²) in [6.45, 7) is 0.706. The van der Waals surface area contributed by atoms with Gasteiger partial charge in [-0.1, -0.05) is 17.3 Å². The molecule has 4 rings (SSSR count). The van der Waals surface area contributed by atoms with Gasteiger partial charge in [0.05, 0.1) is 11.6 Å². The molecular weight excluding hydrogens is 330 g/mol. The number of aromatic nitrogens is 4. The first-order chi connectivity index (χ1) is 12.8. The Morgan fingerprint density at radius 1 is 1.19 bits per heavy atom. The number of nitrogens with zero attached hydrogens (tertiary/aromatic N) is 7. The fourth-order valence-corrected chi connectivity index (χ4v) is 2.97. The second-order valence-electron chi connectivity index (χ2n) is 5.87. The van der Waals surface area contributed by atoms with Crippen LogP contribution in [-0.2, 0) is 0 Å². The largest absolute Gasteiger partial charge is 0.332 e. The van der Waals surface area contributed by atoms with Gasteiger partial charge >= 0.3 is 0 Å². The van der Waals surface area contributed by atoms with E-state index in [9.17, 15) is 5.26 Å². The van der Waals surface area contributed by atoms with E-state index in [1.807, 2.05) is 6.07 Å². The average molecular weight is 343 g/mol. The summed E-state index contributed by atoms with van der Waals surface area (Å²) in [4.78, 5) is 14.8. The molecule has 1 aromatic carbocycles. The molecule has 1 saturated heterocycles. The number of benzene rings is 1. The lowest BCUT2D eigenvalue weighted by Gasteiger charge is -2.13. The fraction of sp³-hybridized carbons (Fsp3) is 0.222. The first-order valence-corrected chi connectivity index (χ1v) is 8.12.